The van der Waals surface area contributed by atoms with E-state index in [1.807, 2.05) is 6.07 Å². The molecule has 2 fully saturated rings. The Hall–Kier alpha value is -2.29. The predicted molar refractivity (Wildman–Crippen MR) is 109 cm³/mol. The summed E-state index contributed by atoms with van der Waals surface area (Å²) < 4.78 is 6.47. The van der Waals surface area contributed by atoms with Gasteiger partial charge in [-0.15, -0.1) is 0 Å². The smallest absolute Gasteiger partial charge is 0.224 e. The van der Waals surface area contributed by atoms with Crippen LogP contribution in [0.3, 0.4) is 0 Å². The molecule has 2 saturated carbocycles. The van der Waals surface area contributed by atoms with Crippen molar-refractivity contribution in [3.8, 4) is 16.9 Å². The van der Waals surface area contributed by atoms with E-state index in [4.69, 9.17) is 4.74 Å². The zero-order valence-electron chi connectivity index (χ0n) is 16.2. The summed E-state index contributed by atoms with van der Waals surface area (Å²) in [6, 6.07) is 14.9. The van der Waals surface area contributed by atoms with E-state index in [9.17, 15) is 4.79 Å². The fraction of sp³-hybridized carbons (Fsp3) is 0.458. The average Bonchev–Trinajstić information content (AvgIpc) is 3.14. The lowest BCUT2D eigenvalue weighted by molar-refractivity contribution is -0.119. The third kappa shape index (κ3) is 3.87. The van der Waals surface area contributed by atoms with Gasteiger partial charge in [-0.3, -0.25) is 4.79 Å². The van der Waals surface area contributed by atoms with Crippen molar-refractivity contribution >= 4 is 5.91 Å². The third-order valence-electron chi connectivity index (χ3n) is 6.11. The van der Waals surface area contributed by atoms with Gasteiger partial charge in [-0.25, -0.2) is 0 Å². The van der Waals surface area contributed by atoms with Crippen LogP contribution in [0.25, 0.3) is 11.1 Å². The van der Waals surface area contributed by atoms with Crippen LogP contribution in [0.2, 0.25) is 0 Å². The van der Waals surface area contributed by atoms with Crippen molar-refractivity contribution in [3.63, 3.8) is 0 Å². The number of hydrogen-bond donors (Lipinski definition) is 1. The van der Waals surface area contributed by atoms with Crippen LogP contribution in [-0.4, -0.2) is 19.1 Å². The molecular weight excluding hydrogens is 334 g/mol. The van der Waals surface area contributed by atoms with E-state index < -0.39 is 0 Å². The molecule has 3 heteroatoms. The Morgan fingerprint density at radius 1 is 1.00 bits per heavy atom. The lowest BCUT2D eigenvalue weighted by Gasteiger charge is -2.29. The van der Waals surface area contributed by atoms with Crippen LogP contribution in [0.4, 0.5) is 0 Å². The molecule has 0 bridgehead atoms. The fourth-order valence-corrected chi connectivity index (χ4v) is 4.37. The maximum Gasteiger partial charge on any atom is 0.224 e. The van der Waals surface area contributed by atoms with Crippen molar-refractivity contribution in [2.75, 3.05) is 7.05 Å². The van der Waals surface area contributed by atoms with Crippen LogP contribution in [0, 0.1) is 0 Å². The van der Waals surface area contributed by atoms with Gasteiger partial charge in [0.2, 0.25) is 5.91 Å². The van der Waals surface area contributed by atoms with Gasteiger partial charge in [0.05, 0.1) is 12.5 Å². The molecule has 142 valence electrons. The average molecular weight is 364 g/mol. The van der Waals surface area contributed by atoms with Gasteiger partial charge in [0.25, 0.3) is 0 Å². The second-order valence-electron chi connectivity index (χ2n) is 7.88. The number of benzene rings is 2. The van der Waals surface area contributed by atoms with E-state index >= 15 is 0 Å². The zero-order valence-corrected chi connectivity index (χ0v) is 16.2. The van der Waals surface area contributed by atoms with Gasteiger partial charge in [-0.05, 0) is 67.2 Å². The molecule has 0 heterocycles. The van der Waals surface area contributed by atoms with E-state index in [2.05, 4.69) is 41.7 Å². The summed E-state index contributed by atoms with van der Waals surface area (Å²) in [5.41, 5.74) is 4.83. The molecule has 0 unspecified atom stereocenters. The van der Waals surface area contributed by atoms with E-state index in [0.29, 0.717) is 18.4 Å². The summed E-state index contributed by atoms with van der Waals surface area (Å²) >= 11 is 0. The molecule has 2 aromatic carbocycles. The first-order valence-corrected chi connectivity index (χ1v) is 10.3. The van der Waals surface area contributed by atoms with Crippen LogP contribution in [0.15, 0.2) is 42.5 Å². The molecule has 2 aliphatic carbocycles. The first-order chi connectivity index (χ1) is 13.3. The van der Waals surface area contributed by atoms with Gasteiger partial charge in [-0.1, -0.05) is 42.8 Å². The van der Waals surface area contributed by atoms with Gasteiger partial charge in [0.15, 0.2) is 0 Å². The monoisotopic (exact) mass is 363 g/mol. The maximum atomic E-state index is 12.2. The Labute approximate surface area is 162 Å². The van der Waals surface area contributed by atoms with Gasteiger partial charge in [0.1, 0.15) is 5.75 Å². The van der Waals surface area contributed by atoms with Crippen LogP contribution >= 0.6 is 0 Å². The van der Waals surface area contributed by atoms with Gasteiger partial charge in [0, 0.05) is 12.6 Å². The molecule has 3 nitrogen and oxygen atoms in total. The van der Waals surface area contributed by atoms with Crippen molar-refractivity contribution in [3.05, 3.63) is 53.6 Å². The molecule has 4 rings (SSSR count). The Bertz CT molecular complexity index is 804. The molecule has 0 saturated heterocycles. The SMILES string of the molecule is CNC(=O)Cc1cccc(OC2CCCC2)c1-c1ccccc1C1CCC1. The van der Waals surface area contributed by atoms with Crippen LogP contribution in [0.5, 0.6) is 5.75 Å². The number of carbonyl (C=O) groups is 1. The number of hydrogen-bond acceptors (Lipinski definition) is 2. The van der Waals surface area contributed by atoms with Gasteiger partial charge >= 0.3 is 0 Å². The van der Waals surface area contributed by atoms with E-state index in [1.165, 1.54) is 43.2 Å². The predicted octanol–water partition coefficient (Wildman–Crippen LogP) is 5.23. The number of likely N-dealkylation sites (N-methyl/N-ethyl adjacent to an activating group) is 1. The highest BCUT2D eigenvalue weighted by atomic mass is 16.5. The Kier molecular flexibility index (Phi) is 5.47. The zero-order chi connectivity index (χ0) is 18.6. The highest BCUT2D eigenvalue weighted by Crippen LogP contribution is 2.45. The second-order valence-corrected chi connectivity index (χ2v) is 7.88. The summed E-state index contributed by atoms with van der Waals surface area (Å²) in [5, 5.41) is 2.76. The van der Waals surface area contributed by atoms with Crippen LogP contribution < -0.4 is 10.1 Å². The largest absolute Gasteiger partial charge is 0.490 e. The van der Waals surface area contributed by atoms with Crippen molar-refractivity contribution < 1.29 is 9.53 Å². The number of rotatable bonds is 6. The van der Waals surface area contributed by atoms with Gasteiger partial charge in [-0.2, -0.15) is 0 Å². The summed E-state index contributed by atoms with van der Waals surface area (Å²) in [4.78, 5) is 12.2. The lowest BCUT2D eigenvalue weighted by atomic mass is 9.76. The number of amides is 1. The molecule has 0 aromatic heterocycles. The molecule has 2 aliphatic rings. The molecule has 0 spiro atoms. The molecule has 1 N–H and O–H groups in total. The van der Waals surface area contributed by atoms with E-state index in [1.54, 1.807) is 7.05 Å². The molecule has 0 aliphatic heterocycles. The fourth-order valence-electron chi connectivity index (χ4n) is 4.37. The quantitative estimate of drug-likeness (QED) is 0.763. The minimum absolute atomic E-state index is 0.0374. The molecule has 0 radical (unpaired) electrons. The first-order valence-electron chi connectivity index (χ1n) is 10.3. The Morgan fingerprint density at radius 2 is 1.78 bits per heavy atom. The Morgan fingerprint density at radius 3 is 2.48 bits per heavy atom. The van der Waals surface area contributed by atoms with Gasteiger partial charge < -0.3 is 10.1 Å². The normalized spacial score (nSPS) is 17.5. The van der Waals surface area contributed by atoms with Crippen molar-refractivity contribution in [2.45, 2.75) is 63.4 Å². The topological polar surface area (TPSA) is 38.3 Å². The number of carbonyl (C=O) groups excluding carboxylic acids is 1. The summed E-state index contributed by atoms with van der Waals surface area (Å²) in [6.07, 6.45) is 9.26. The minimum atomic E-state index is 0.0374. The first kappa shape index (κ1) is 18.1. The summed E-state index contributed by atoms with van der Waals surface area (Å²) in [7, 11) is 1.70. The molecule has 1 amide bonds. The number of nitrogens with one attached hydrogen (secondary N) is 1. The Balaban J connectivity index is 1.79. The second kappa shape index (κ2) is 8.16. The van der Waals surface area contributed by atoms with E-state index in [0.717, 1.165) is 29.7 Å². The standard InChI is InChI=1S/C24H29NO2/c1-25-23(26)16-18-10-7-15-22(27-19-11-2-3-12-19)24(18)21-14-5-4-13-20(21)17-8-6-9-17/h4-5,7,10,13-15,17,19H,2-3,6,8-9,11-12,16H2,1H3,(H,25,26). The highest BCUT2D eigenvalue weighted by Gasteiger charge is 2.26. The highest BCUT2D eigenvalue weighted by molar-refractivity contribution is 5.84. The molecule has 2 aromatic rings. The maximum absolute atomic E-state index is 12.2. The lowest BCUT2D eigenvalue weighted by Crippen LogP contribution is -2.21. The minimum Gasteiger partial charge on any atom is -0.490 e. The van der Waals surface area contributed by atoms with Crippen molar-refractivity contribution in [2.24, 2.45) is 0 Å². The van der Waals surface area contributed by atoms with Crippen molar-refractivity contribution in [1.29, 1.82) is 0 Å². The molecule has 0 atom stereocenters. The van der Waals surface area contributed by atoms with Crippen LogP contribution in [-0.2, 0) is 11.2 Å². The van der Waals surface area contributed by atoms with E-state index in [-0.39, 0.29) is 5.91 Å². The summed E-state index contributed by atoms with van der Waals surface area (Å²) in [5.74, 6) is 1.61. The molecular formula is C24H29NO2. The third-order valence-corrected chi connectivity index (χ3v) is 6.11. The summed E-state index contributed by atoms with van der Waals surface area (Å²) in [6.45, 7) is 0. The number of ether oxygens (including phenoxy) is 1. The van der Waals surface area contributed by atoms with Crippen LogP contribution in [0.1, 0.15) is 62.0 Å². The van der Waals surface area contributed by atoms with Crippen molar-refractivity contribution in [1.82, 2.24) is 5.32 Å². The molecule has 27 heavy (non-hydrogen) atoms.